The van der Waals surface area contributed by atoms with E-state index in [1.807, 2.05) is 0 Å². The van der Waals surface area contributed by atoms with E-state index in [1.165, 1.54) is 17.0 Å². The van der Waals surface area contributed by atoms with Gasteiger partial charge in [-0.3, -0.25) is 9.69 Å². The van der Waals surface area contributed by atoms with E-state index in [0.29, 0.717) is 31.5 Å². The minimum atomic E-state index is -4.48. The third-order valence-corrected chi connectivity index (χ3v) is 5.19. The van der Waals surface area contributed by atoms with Crippen LogP contribution in [0.25, 0.3) is 0 Å². The van der Waals surface area contributed by atoms with E-state index in [2.05, 4.69) is 5.32 Å². The first-order valence-electron chi connectivity index (χ1n) is 9.31. The second kappa shape index (κ2) is 8.60. The van der Waals surface area contributed by atoms with E-state index in [4.69, 9.17) is 14.6 Å². The van der Waals surface area contributed by atoms with Gasteiger partial charge in [0.25, 0.3) is 0 Å². The number of ketones is 1. The number of alkyl halides is 3. The largest absolute Gasteiger partial charge is 0.480 e. The van der Waals surface area contributed by atoms with Gasteiger partial charge in [-0.1, -0.05) is 12.1 Å². The highest BCUT2D eigenvalue weighted by Crippen LogP contribution is 2.39. The third-order valence-electron chi connectivity index (χ3n) is 5.19. The van der Waals surface area contributed by atoms with Crippen molar-refractivity contribution in [1.29, 1.82) is 0 Å². The Labute approximate surface area is 169 Å². The van der Waals surface area contributed by atoms with Crippen molar-refractivity contribution >= 4 is 17.8 Å². The number of carbonyl (C=O) groups excluding carboxylic acids is 2. The highest BCUT2D eigenvalue weighted by molar-refractivity contribution is 5.92. The standard InChI is InChI=1S/C19H21F3N2O6/c20-19(21,22)13-3-1-12(2-4-13)9-24-16(14(25)10-29-11-15(26)27)18(30-17(24)28)5-7-23-8-6-18/h1-4,16,23H,5-11H2,(H,26,27). The molecule has 1 atom stereocenters. The predicted molar refractivity (Wildman–Crippen MR) is 95.6 cm³/mol. The number of carboxylic acids is 1. The average Bonchev–Trinajstić information content (AvgIpc) is 2.92. The van der Waals surface area contributed by atoms with Crippen molar-refractivity contribution in [3.05, 3.63) is 35.4 Å². The van der Waals surface area contributed by atoms with Gasteiger partial charge in [-0.15, -0.1) is 0 Å². The highest BCUT2D eigenvalue weighted by Gasteiger charge is 2.57. The minimum absolute atomic E-state index is 0.124. The number of piperidine rings is 1. The first-order valence-corrected chi connectivity index (χ1v) is 9.31. The maximum atomic E-state index is 12.9. The van der Waals surface area contributed by atoms with Gasteiger partial charge in [0, 0.05) is 19.4 Å². The fourth-order valence-electron chi connectivity index (χ4n) is 3.84. The van der Waals surface area contributed by atoms with Crippen molar-refractivity contribution in [2.75, 3.05) is 26.3 Å². The van der Waals surface area contributed by atoms with Crippen LogP contribution in [0.4, 0.5) is 18.0 Å². The summed E-state index contributed by atoms with van der Waals surface area (Å²) in [6, 6.07) is 3.27. The molecule has 11 heteroatoms. The summed E-state index contributed by atoms with van der Waals surface area (Å²) in [5, 5.41) is 11.8. The highest BCUT2D eigenvalue weighted by atomic mass is 19.4. The van der Waals surface area contributed by atoms with Crippen LogP contribution in [0.2, 0.25) is 0 Å². The van der Waals surface area contributed by atoms with Crippen LogP contribution in [0.3, 0.4) is 0 Å². The van der Waals surface area contributed by atoms with Gasteiger partial charge < -0.3 is 19.9 Å². The molecule has 0 radical (unpaired) electrons. The van der Waals surface area contributed by atoms with Gasteiger partial charge in [-0.25, -0.2) is 9.59 Å². The second-order valence-corrected chi connectivity index (χ2v) is 7.26. The molecule has 1 aromatic carbocycles. The van der Waals surface area contributed by atoms with Crippen LogP contribution in [0.1, 0.15) is 24.0 Å². The smallest absolute Gasteiger partial charge is 0.416 e. The lowest BCUT2D eigenvalue weighted by atomic mass is 9.82. The number of nitrogens with one attached hydrogen (secondary N) is 1. The number of aliphatic carboxylic acids is 1. The molecule has 2 aliphatic heterocycles. The summed E-state index contributed by atoms with van der Waals surface area (Å²) < 4.78 is 48.8. The topological polar surface area (TPSA) is 105 Å². The first-order chi connectivity index (χ1) is 14.1. The number of carbonyl (C=O) groups is 3. The summed E-state index contributed by atoms with van der Waals surface area (Å²) in [5.74, 6) is -1.75. The Bertz CT molecular complexity index is 805. The molecule has 1 aromatic rings. The molecule has 0 bridgehead atoms. The van der Waals surface area contributed by atoms with Gasteiger partial charge in [0.2, 0.25) is 0 Å². The molecule has 2 N–H and O–H groups in total. The van der Waals surface area contributed by atoms with Crippen LogP contribution >= 0.6 is 0 Å². The molecular formula is C19H21F3N2O6. The van der Waals surface area contributed by atoms with Crippen LogP contribution in [-0.4, -0.2) is 65.8 Å². The van der Waals surface area contributed by atoms with E-state index >= 15 is 0 Å². The number of halogens is 3. The van der Waals surface area contributed by atoms with Gasteiger partial charge in [0.05, 0.1) is 5.56 Å². The maximum absolute atomic E-state index is 12.9. The Kier molecular flexibility index (Phi) is 6.32. The molecular weight excluding hydrogens is 409 g/mol. The third kappa shape index (κ3) is 4.73. The number of hydrogen-bond acceptors (Lipinski definition) is 6. The molecule has 2 heterocycles. The molecule has 0 aromatic heterocycles. The molecule has 0 aliphatic carbocycles. The molecule has 1 unspecified atom stereocenters. The zero-order valence-electron chi connectivity index (χ0n) is 15.9. The lowest BCUT2D eigenvalue weighted by Crippen LogP contribution is -2.56. The number of carboxylic acid groups (broad SMARTS) is 1. The molecule has 2 fully saturated rings. The predicted octanol–water partition coefficient (Wildman–Crippen LogP) is 1.82. The average molecular weight is 430 g/mol. The number of hydrogen-bond donors (Lipinski definition) is 2. The van der Waals surface area contributed by atoms with Crippen molar-refractivity contribution in [2.45, 2.75) is 37.2 Å². The zero-order valence-corrected chi connectivity index (χ0v) is 15.9. The summed E-state index contributed by atoms with van der Waals surface area (Å²) in [6.45, 7) is -0.281. The maximum Gasteiger partial charge on any atom is 0.416 e. The molecule has 1 spiro atoms. The van der Waals surface area contributed by atoms with Crippen molar-refractivity contribution in [3.8, 4) is 0 Å². The summed E-state index contributed by atoms with van der Waals surface area (Å²) in [6.07, 6.45) is -4.48. The molecule has 2 saturated heterocycles. The lowest BCUT2D eigenvalue weighted by Gasteiger charge is -2.37. The zero-order chi connectivity index (χ0) is 21.9. The monoisotopic (exact) mass is 430 g/mol. The van der Waals surface area contributed by atoms with Gasteiger partial charge in [0.15, 0.2) is 5.78 Å². The summed E-state index contributed by atoms with van der Waals surface area (Å²) in [7, 11) is 0. The molecule has 8 nitrogen and oxygen atoms in total. The van der Waals surface area contributed by atoms with Gasteiger partial charge in [-0.2, -0.15) is 13.2 Å². The fourth-order valence-corrected chi connectivity index (χ4v) is 3.84. The summed E-state index contributed by atoms with van der Waals surface area (Å²) >= 11 is 0. The van der Waals surface area contributed by atoms with E-state index in [0.717, 1.165) is 12.1 Å². The van der Waals surface area contributed by atoms with Gasteiger partial charge in [0.1, 0.15) is 24.9 Å². The van der Waals surface area contributed by atoms with Crippen molar-refractivity contribution in [2.24, 2.45) is 0 Å². The second-order valence-electron chi connectivity index (χ2n) is 7.26. The Morgan fingerprint density at radius 2 is 1.83 bits per heavy atom. The van der Waals surface area contributed by atoms with Crippen molar-refractivity contribution in [1.82, 2.24) is 10.2 Å². The van der Waals surface area contributed by atoms with Crippen molar-refractivity contribution < 1.29 is 42.1 Å². The number of ether oxygens (including phenoxy) is 2. The van der Waals surface area contributed by atoms with Crippen LogP contribution in [-0.2, 0) is 31.8 Å². The molecule has 3 rings (SSSR count). The van der Waals surface area contributed by atoms with Crippen LogP contribution < -0.4 is 5.32 Å². The normalized spacial score (nSPS) is 21.0. The Hall–Kier alpha value is -2.66. The SMILES string of the molecule is O=C(O)COCC(=O)C1N(Cc2ccc(C(F)(F)F)cc2)C(=O)OC12CCNCC2. The van der Waals surface area contributed by atoms with Crippen LogP contribution in [0.5, 0.6) is 0 Å². The number of nitrogens with zero attached hydrogens (tertiary/aromatic N) is 1. The van der Waals surface area contributed by atoms with Crippen LogP contribution in [0, 0.1) is 0 Å². The number of Topliss-reactive ketones (excluding diaryl/α,β-unsaturated/α-hetero) is 1. The summed E-state index contributed by atoms with van der Waals surface area (Å²) in [5.41, 5.74) is -1.51. The Morgan fingerprint density at radius 1 is 1.20 bits per heavy atom. The van der Waals surface area contributed by atoms with E-state index in [-0.39, 0.29) is 6.54 Å². The molecule has 2 aliphatic rings. The molecule has 30 heavy (non-hydrogen) atoms. The molecule has 0 saturated carbocycles. The molecule has 1 amide bonds. The van der Waals surface area contributed by atoms with Crippen molar-refractivity contribution in [3.63, 3.8) is 0 Å². The van der Waals surface area contributed by atoms with Crippen LogP contribution in [0.15, 0.2) is 24.3 Å². The summed E-state index contributed by atoms with van der Waals surface area (Å²) in [4.78, 5) is 37.3. The van der Waals surface area contributed by atoms with Gasteiger partial charge in [-0.05, 0) is 30.8 Å². The number of benzene rings is 1. The Morgan fingerprint density at radius 3 is 2.40 bits per heavy atom. The Balaban J connectivity index is 1.82. The first kappa shape index (κ1) is 22.0. The number of amides is 1. The van der Waals surface area contributed by atoms with E-state index in [9.17, 15) is 27.6 Å². The lowest BCUT2D eigenvalue weighted by molar-refractivity contribution is -0.144. The van der Waals surface area contributed by atoms with E-state index < -0.39 is 54.4 Å². The molecule has 164 valence electrons. The van der Waals surface area contributed by atoms with Gasteiger partial charge >= 0.3 is 18.2 Å². The van der Waals surface area contributed by atoms with E-state index in [1.54, 1.807) is 0 Å². The minimum Gasteiger partial charge on any atom is -0.480 e. The quantitative estimate of drug-likeness (QED) is 0.680. The fraction of sp³-hybridized carbons (Fsp3) is 0.526. The number of rotatable bonds is 7.